The van der Waals surface area contributed by atoms with Gasteiger partial charge in [-0.25, -0.2) is 0 Å². The molecule has 0 amide bonds. The third-order valence-electron chi connectivity index (χ3n) is 5.38. The summed E-state index contributed by atoms with van der Waals surface area (Å²) in [6.07, 6.45) is 5.19. The predicted molar refractivity (Wildman–Crippen MR) is 109 cm³/mol. The number of hydrogen-bond acceptors (Lipinski definition) is 1. The smallest absolute Gasteiger partial charge is 0.00489 e. The Balaban J connectivity index is 0.000000219. The number of benzene rings is 3. The molecule has 0 radical (unpaired) electrons. The first-order valence-electron chi connectivity index (χ1n) is 9.47. The van der Waals surface area contributed by atoms with E-state index in [2.05, 4.69) is 61.5 Å². The Bertz CT molecular complexity index is 765. The number of fused-ring (bicyclic) bond motifs is 1. The molecule has 0 aromatic heterocycles. The van der Waals surface area contributed by atoms with E-state index >= 15 is 0 Å². The Hall–Kier alpha value is -2.12. The summed E-state index contributed by atoms with van der Waals surface area (Å²) in [7, 11) is 0. The van der Waals surface area contributed by atoms with Crippen molar-refractivity contribution < 1.29 is 0 Å². The summed E-state index contributed by atoms with van der Waals surface area (Å²) in [5.41, 5.74) is 8.64. The third kappa shape index (κ3) is 4.70. The number of nitrogens with two attached hydrogens (primary N) is 1. The fraction of sp³-hybridized carbons (Fsp3) is 0.333. The fourth-order valence-corrected chi connectivity index (χ4v) is 3.85. The number of aryl methyl sites for hydroxylation is 1. The van der Waals surface area contributed by atoms with Gasteiger partial charge >= 0.3 is 0 Å². The molecule has 0 atom stereocenters. The van der Waals surface area contributed by atoms with E-state index in [1.54, 1.807) is 5.56 Å². The second kappa shape index (κ2) is 8.82. The second-order valence-corrected chi connectivity index (χ2v) is 7.18. The first-order chi connectivity index (χ1) is 12.3. The number of hydrogen-bond donors (Lipinski definition) is 1. The van der Waals surface area contributed by atoms with Crippen molar-refractivity contribution in [3.8, 4) is 0 Å². The van der Waals surface area contributed by atoms with Crippen LogP contribution in [0.3, 0.4) is 0 Å². The molecule has 1 nitrogen and oxygen atoms in total. The molecule has 0 spiro atoms. The molecular weight excluding hydrogens is 302 g/mol. The van der Waals surface area contributed by atoms with E-state index < -0.39 is 0 Å². The minimum absolute atomic E-state index is 0.735. The van der Waals surface area contributed by atoms with Crippen molar-refractivity contribution >= 4 is 10.8 Å². The zero-order valence-electron chi connectivity index (χ0n) is 15.2. The van der Waals surface area contributed by atoms with Gasteiger partial charge in [0.1, 0.15) is 0 Å². The fourth-order valence-electron chi connectivity index (χ4n) is 3.85. The van der Waals surface area contributed by atoms with Gasteiger partial charge in [-0.05, 0) is 67.3 Å². The standard InChI is InChI=1S/C17H21N.C7H8/c18-12-13-8-10-15(11-9-13)17-7-3-5-14-4-1-2-6-16(14)17;1-7-5-3-2-4-6-7/h1-7,13,15H,8-12,18H2;2-6H,1H3. The van der Waals surface area contributed by atoms with Crippen molar-refractivity contribution in [2.24, 2.45) is 11.7 Å². The van der Waals surface area contributed by atoms with Gasteiger partial charge in [0.25, 0.3) is 0 Å². The van der Waals surface area contributed by atoms with E-state index in [1.807, 2.05) is 18.2 Å². The summed E-state index contributed by atoms with van der Waals surface area (Å²) < 4.78 is 0. The van der Waals surface area contributed by atoms with Crippen molar-refractivity contribution in [1.82, 2.24) is 0 Å². The summed E-state index contributed by atoms with van der Waals surface area (Å²) in [5.74, 6) is 1.50. The average molecular weight is 332 g/mol. The van der Waals surface area contributed by atoms with Crippen molar-refractivity contribution in [2.45, 2.75) is 38.5 Å². The van der Waals surface area contributed by atoms with Gasteiger partial charge in [-0.3, -0.25) is 0 Å². The van der Waals surface area contributed by atoms with E-state index in [1.165, 1.54) is 42.0 Å². The molecule has 25 heavy (non-hydrogen) atoms. The van der Waals surface area contributed by atoms with Crippen LogP contribution in [0.2, 0.25) is 0 Å². The summed E-state index contributed by atoms with van der Waals surface area (Å²) in [5, 5.41) is 2.81. The summed E-state index contributed by atoms with van der Waals surface area (Å²) in [4.78, 5) is 0. The maximum atomic E-state index is 5.78. The Labute approximate surface area is 151 Å². The van der Waals surface area contributed by atoms with Crippen LogP contribution in [-0.4, -0.2) is 6.54 Å². The van der Waals surface area contributed by atoms with Gasteiger partial charge in [0, 0.05) is 0 Å². The Morgan fingerprint density at radius 2 is 1.40 bits per heavy atom. The quantitative estimate of drug-likeness (QED) is 0.606. The van der Waals surface area contributed by atoms with Gasteiger partial charge in [0.2, 0.25) is 0 Å². The molecule has 0 aliphatic heterocycles. The first kappa shape index (κ1) is 17.7. The molecule has 1 aliphatic rings. The molecule has 130 valence electrons. The van der Waals surface area contributed by atoms with Gasteiger partial charge in [-0.2, -0.15) is 0 Å². The van der Waals surface area contributed by atoms with Crippen molar-refractivity contribution in [1.29, 1.82) is 0 Å². The van der Waals surface area contributed by atoms with E-state index in [4.69, 9.17) is 5.73 Å². The molecule has 1 saturated carbocycles. The van der Waals surface area contributed by atoms with Crippen LogP contribution in [0.5, 0.6) is 0 Å². The lowest BCUT2D eigenvalue weighted by molar-refractivity contribution is 0.334. The molecule has 3 aromatic carbocycles. The predicted octanol–water partition coefficient (Wildman–Crippen LogP) is 6.07. The molecule has 1 fully saturated rings. The van der Waals surface area contributed by atoms with Crippen LogP contribution in [-0.2, 0) is 0 Å². The summed E-state index contributed by atoms with van der Waals surface area (Å²) in [6.45, 7) is 2.95. The topological polar surface area (TPSA) is 26.0 Å². The van der Waals surface area contributed by atoms with Gasteiger partial charge in [0.15, 0.2) is 0 Å². The molecule has 1 heteroatoms. The number of rotatable bonds is 2. The maximum absolute atomic E-state index is 5.78. The maximum Gasteiger partial charge on any atom is -0.00489 e. The monoisotopic (exact) mass is 331 g/mol. The van der Waals surface area contributed by atoms with Gasteiger partial charge in [-0.15, -0.1) is 0 Å². The van der Waals surface area contributed by atoms with Gasteiger partial charge in [-0.1, -0.05) is 78.4 Å². The highest BCUT2D eigenvalue weighted by Crippen LogP contribution is 2.38. The average Bonchev–Trinajstić information content (AvgIpc) is 2.69. The van der Waals surface area contributed by atoms with Gasteiger partial charge in [0.05, 0.1) is 0 Å². The van der Waals surface area contributed by atoms with Gasteiger partial charge < -0.3 is 5.73 Å². The highest BCUT2D eigenvalue weighted by atomic mass is 14.5. The van der Waals surface area contributed by atoms with E-state index in [0.29, 0.717) is 0 Å². The minimum Gasteiger partial charge on any atom is -0.330 e. The zero-order chi connectivity index (χ0) is 17.5. The molecule has 2 N–H and O–H groups in total. The van der Waals surface area contributed by atoms with E-state index in [-0.39, 0.29) is 0 Å². The molecule has 3 aromatic rings. The van der Waals surface area contributed by atoms with Crippen molar-refractivity contribution in [3.05, 3.63) is 83.9 Å². The van der Waals surface area contributed by atoms with Crippen molar-refractivity contribution in [2.75, 3.05) is 6.54 Å². The first-order valence-corrected chi connectivity index (χ1v) is 9.47. The lowest BCUT2D eigenvalue weighted by atomic mass is 9.77. The Morgan fingerprint density at radius 3 is 2.04 bits per heavy atom. The van der Waals surface area contributed by atoms with Crippen LogP contribution in [0.25, 0.3) is 10.8 Å². The minimum atomic E-state index is 0.735. The Morgan fingerprint density at radius 1 is 0.760 bits per heavy atom. The van der Waals surface area contributed by atoms with Crippen LogP contribution in [0.4, 0.5) is 0 Å². The SMILES string of the molecule is Cc1ccccc1.NCC1CCC(c2cccc3ccccc23)CC1. The molecule has 0 heterocycles. The molecule has 0 saturated heterocycles. The van der Waals surface area contributed by atoms with Crippen LogP contribution in [0.1, 0.15) is 42.7 Å². The normalized spacial score (nSPS) is 19.9. The summed E-state index contributed by atoms with van der Waals surface area (Å²) >= 11 is 0. The third-order valence-corrected chi connectivity index (χ3v) is 5.38. The molecule has 1 aliphatic carbocycles. The van der Waals surface area contributed by atoms with Crippen molar-refractivity contribution in [3.63, 3.8) is 0 Å². The molecule has 0 bridgehead atoms. The lowest BCUT2D eigenvalue weighted by Crippen LogP contribution is -2.20. The zero-order valence-corrected chi connectivity index (χ0v) is 15.2. The molecule has 0 unspecified atom stereocenters. The second-order valence-electron chi connectivity index (χ2n) is 7.18. The Kier molecular flexibility index (Phi) is 6.25. The lowest BCUT2D eigenvalue weighted by Gasteiger charge is -2.28. The van der Waals surface area contributed by atoms with Crippen LogP contribution >= 0.6 is 0 Å². The van der Waals surface area contributed by atoms with Crippen LogP contribution < -0.4 is 5.73 Å². The van der Waals surface area contributed by atoms with E-state index in [9.17, 15) is 0 Å². The summed E-state index contributed by atoms with van der Waals surface area (Å²) in [6, 6.07) is 25.7. The van der Waals surface area contributed by atoms with Crippen LogP contribution in [0, 0.1) is 12.8 Å². The van der Waals surface area contributed by atoms with E-state index in [0.717, 1.165) is 18.4 Å². The highest BCUT2D eigenvalue weighted by molar-refractivity contribution is 5.86. The molecule has 4 rings (SSSR count). The highest BCUT2D eigenvalue weighted by Gasteiger charge is 2.22. The largest absolute Gasteiger partial charge is 0.330 e. The van der Waals surface area contributed by atoms with Crippen LogP contribution in [0.15, 0.2) is 72.8 Å². The molecular formula is C24H29N.